The lowest BCUT2D eigenvalue weighted by molar-refractivity contribution is 0.509. The summed E-state index contributed by atoms with van der Waals surface area (Å²) in [6.45, 7) is 0.461. The number of halogens is 2. The van der Waals surface area contributed by atoms with E-state index in [2.05, 4.69) is 25.6 Å². The smallest absolute Gasteiger partial charge is 0.182 e. The van der Waals surface area contributed by atoms with Crippen LogP contribution in [0.1, 0.15) is 11.3 Å². The van der Waals surface area contributed by atoms with Gasteiger partial charge in [-0.2, -0.15) is 5.26 Å². The molecule has 0 aliphatic carbocycles. The van der Waals surface area contributed by atoms with Crippen molar-refractivity contribution in [3.8, 4) is 17.5 Å². The lowest BCUT2D eigenvalue weighted by Gasteiger charge is -2.21. The Labute approximate surface area is 182 Å². The number of aromatic nitrogens is 2. The topological polar surface area (TPSA) is 86.0 Å². The minimum atomic E-state index is -0.940. The van der Waals surface area contributed by atoms with Crippen LogP contribution in [0, 0.1) is 23.1 Å². The van der Waals surface area contributed by atoms with Crippen molar-refractivity contribution in [3.63, 3.8) is 0 Å². The van der Waals surface area contributed by atoms with Crippen LogP contribution >= 0.6 is 0 Å². The maximum absolute atomic E-state index is 13.9. The maximum Gasteiger partial charge on any atom is 0.182 e. The number of fused-ring (bicyclic) bond motifs is 2. The number of hydrogen-bond donors (Lipinski definition) is 2. The second-order valence-electron chi connectivity index (χ2n) is 7.22. The van der Waals surface area contributed by atoms with E-state index in [9.17, 15) is 14.0 Å². The summed E-state index contributed by atoms with van der Waals surface area (Å²) in [4.78, 5) is 13.5. The zero-order valence-electron chi connectivity index (χ0n) is 16.7. The van der Waals surface area contributed by atoms with Crippen LogP contribution in [0.3, 0.4) is 0 Å². The minimum Gasteiger partial charge on any atom is -0.354 e. The molecule has 0 unspecified atom stereocenters. The molecule has 2 aromatic heterocycles. The highest BCUT2D eigenvalue weighted by Gasteiger charge is 2.22. The van der Waals surface area contributed by atoms with Gasteiger partial charge >= 0.3 is 0 Å². The van der Waals surface area contributed by atoms with E-state index in [0.29, 0.717) is 47.0 Å². The van der Waals surface area contributed by atoms with Crippen molar-refractivity contribution in [2.45, 2.75) is 6.42 Å². The third-order valence-electron chi connectivity index (χ3n) is 5.25. The highest BCUT2D eigenvalue weighted by atomic mass is 19.2. The Morgan fingerprint density at radius 3 is 2.72 bits per heavy atom. The summed E-state index contributed by atoms with van der Waals surface area (Å²) in [6.07, 6.45) is 4.20. The highest BCUT2D eigenvalue weighted by molar-refractivity contribution is 6.07. The van der Waals surface area contributed by atoms with Crippen LogP contribution in [0.15, 0.2) is 65.8 Å². The highest BCUT2D eigenvalue weighted by Crippen LogP contribution is 2.33. The number of pyridine rings is 2. The molecule has 0 atom stereocenters. The second-order valence-corrected chi connectivity index (χ2v) is 7.22. The first-order valence-corrected chi connectivity index (χ1v) is 9.94. The zero-order chi connectivity index (χ0) is 22.1. The molecule has 0 saturated heterocycles. The molecule has 0 spiro atoms. The molecule has 3 heterocycles. The van der Waals surface area contributed by atoms with Crippen LogP contribution in [0.5, 0.6) is 0 Å². The molecular formula is C24H16F2N6. The molecular weight excluding hydrogens is 410 g/mol. The fraction of sp³-hybridized carbons (Fsp3) is 0.0833. The first kappa shape index (κ1) is 19.6. The van der Waals surface area contributed by atoms with Crippen LogP contribution in [0.25, 0.3) is 22.2 Å². The van der Waals surface area contributed by atoms with E-state index in [0.717, 1.165) is 28.7 Å². The summed E-state index contributed by atoms with van der Waals surface area (Å²) < 4.78 is 27.4. The van der Waals surface area contributed by atoms with Gasteiger partial charge in [0, 0.05) is 35.8 Å². The molecule has 1 aliphatic rings. The Hall–Kier alpha value is -4.38. The van der Waals surface area contributed by atoms with Crippen molar-refractivity contribution in [1.29, 1.82) is 5.26 Å². The molecule has 0 bridgehead atoms. The van der Waals surface area contributed by atoms with Crippen molar-refractivity contribution >= 4 is 28.1 Å². The van der Waals surface area contributed by atoms with E-state index < -0.39 is 11.6 Å². The van der Waals surface area contributed by atoms with Crippen molar-refractivity contribution in [2.75, 3.05) is 11.9 Å². The lowest BCUT2D eigenvalue weighted by Crippen LogP contribution is -2.27. The average molecular weight is 426 g/mol. The van der Waals surface area contributed by atoms with Crippen LogP contribution < -0.4 is 10.6 Å². The number of nitriles is 1. The number of benzene rings is 2. The SMILES string of the molecule is N#CNC1=NCCc2nc(-c3ccc(F)c(F)c3)cc(Nc3cccc4ncccc34)c21. The molecule has 1 aliphatic heterocycles. The van der Waals surface area contributed by atoms with Crippen LogP contribution in [0.4, 0.5) is 20.2 Å². The van der Waals surface area contributed by atoms with Crippen LogP contribution in [-0.4, -0.2) is 22.3 Å². The summed E-state index contributed by atoms with van der Waals surface area (Å²) >= 11 is 0. The second kappa shape index (κ2) is 8.04. The Kier molecular flexibility index (Phi) is 4.92. The maximum atomic E-state index is 13.9. The number of nitrogens with one attached hydrogen (secondary N) is 2. The summed E-state index contributed by atoms with van der Waals surface area (Å²) in [6, 6.07) is 15.0. The van der Waals surface area contributed by atoms with Gasteiger partial charge in [-0.3, -0.25) is 20.3 Å². The van der Waals surface area contributed by atoms with Gasteiger partial charge in [0.15, 0.2) is 17.8 Å². The van der Waals surface area contributed by atoms with E-state index in [1.54, 1.807) is 12.3 Å². The van der Waals surface area contributed by atoms with E-state index in [1.807, 2.05) is 36.5 Å². The predicted octanol–water partition coefficient (Wildman–Crippen LogP) is 4.69. The standard InChI is InChI=1S/C24H16F2N6/c25-16-7-6-14(11-17(16)26)21-12-22(23-20(32-21)8-10-29-24(23)30-13-27)31-19-5-1-4-18-15(19)3-2-9-28-18/h1-7,9,11-12H,8,10H2,(H,29,30)(H,31,32). The first-order valence-electron chi connectivity index (χ1n) is 9.94. The van der Waals surface area contributed by atoms with Gasteiger partial charge in [0.25, 0.3) is 0 Å². The molecule has 0 saturated carbocycles. The summed E-state index contributed by atoms with van der Waals surface area (Å²) in [5.41, 5.74) is 4.60. The zero-order valence-corrected chi connectivity index (χ0v) is 16.7. The molecule has 4 aromatic rings. The third kappa shape index (κ3) is 3.50. The molecule has 156 valence electrons. The summed E-state index contributed by atoms with van der Waals surface area (Å²) in [7, 11) is 0. The quantitative estimate of drug-likeness (QED) is 0.367. The van der Waals surface area contributed by atoms with Crippen LogP contribution in [-0.2, 0) is 6.42 Å². The number of hydrogen-bond acceptors (Lipinski definition) is 6. The molecule has 0 fully saturated rings. The van der Waals surface area contributed by atoms with Crippen molar-refractivity contribution in [3.05, 3.63) is 83.7 Å². The lowest BCUT2D eigenvalue weighted by atomic mass is 10.0. The van der Waals surface area contributed by atoms with Gasteiger partial charge in [-0.1, -0.05) is 6.07 Å². The fourth-order valence-electron chi connectivity index (χ4n) is 3.81. The molecule has 8 heteroatoms. The molecule has 2 N–H and O–H groups in total. The van der Waals surface area contributed by atoms with Gasteiger partial charge in [0.2, 0.25) is 0 Å². The number of nitrogens with zero attached hydrogens (tertiary/aromatic N) is 4. The molecule has 5 rings (SSSR count). The number of aliphatic imine (C=N–C) groups is 1. The Morgan fingerprint density at radius 2 is 1.88 bits per heavy atom. The predicted molar refractivity (Wildman–Crippen MR) is 118 cm³/mol. The van der Waals surface area contributed by atoms with Gasteiger partial charge < -0.3 is 5.32 Å². The normalized spacial score (nSPS) is 12.6. The van der Waals surface area contributed by atoms with E-state index in [4.69, 9.17) is 0 Å². The Bertz CT molecular complexity index is 1420. The van der Waals surface area contributed by atoms with E-state index in [1.165, 1.54) is 6.07 Å². The molecule has 32 heavy (non-hydrogen) atoms. The van der Waals surface area contributed by atoms with Gasteiger partial charge in [0.1, 0.15) is 5.84 Å². The Balaban J connectivity index is 1.69. The van der Waals surface area contributed by atoms with Crippen molar-refractivity contribution in [1.82, 2.24) is 15.3 Å². The van der Waals surface area contributed by atoms with Gasteiger partial charge in [-0.25, -0.2) is 8.78 Å². The van der Waals surface area contributed by atoms with E-state index >= 15 is 0 Å². The summed E-state index contributed by atoms with van der Waals surface area (Å²) in [5, 5.41) is 16.2. The minimum absolute atomic E-state index is 0.416. The third-order valence-corrected chi connectivity index (χ3v) is 5.25. The first-order chi connectivity index (χ1) is 15.6. The van der Waals surface area contributed by atoms with Gasteiger partial charge in [-0.15, -0.1) is 0 Å². The largest absolute Gasteiger partial charge is 0.354 e. The number of rotatable bonds is 3. The average Bonchev–Trinajstić information content (AvgIpc) is 2.81. The van der Waals surface area contributed by atoms with Crippen molar-refractivity contribution < 1.29 is 8.78 Å². The Morgan fingerprint density at radius 1 is 0.969 bits per heavy atom. The van der Waals surface area contributed by atoms with Gasteiger partial charge in [0.05, 0.1) is 28.2 Å². The van der Waals surface area contributed by atoms with Crippen LogP contribution in [0.2, 0.25) is 0 Å². The monoisotopic (exact) mass is 426 g/mol. The van der Waals surface area contributed by atoms with Crippen molar-refractivity contribution in [2.24, 2.45) is 4.99 Å². The number of amidine groups is 1. The van der Waals surface area contributed by atoms with E-state index in [-0.39, 0.29) is 0 Å². The fourth-order valence-corrected chi connectivity index (χ4v) is 3.81. The molecule has 0 radical (unpaired) electrons. The summed E-state index contributed by atoms with van der Waals surface area (Å²) in [5.74, 6) is -1.44. The molecule has 2 aromatic carbocycles. The number of anilines is 2. The molecule has 0 amide bonds. The molecule has 6 nitrogen and oxygen atoms in total. The van der Waals surface area contributed by atoms with Gasteiger partial charge in [-0.05, 0) is 48.5 Å².